The molecule has 0 saturated heterocycles. The third kappa shape index (κ3) is 11.5. The molecule has 0 fully saturated rings. The first kappa shape index (κ1) is 22.3. The summed E-state index contributed by atoms with van der Waals surface area (Å²) in [5, 5.41) is 0. The zero-order chi connectivity index (χ0) is 17.7. The van der Waals surface area contributed by atoms with Gasteiger partial charge in [-0.15, -0.1) is 0 Å². The number of phosphoric acid groups is 1. The van der Waals surface area contributed by atoms with Crippen molar-refractivity contribution in [3.8, 4) is 0 Å². The fraction of sp³-hybridized carbons (Fsp3) is 0.667. The van der Waals surface area contributed by atoms with E-state index in [2.05, 4.69) is 32.9 Å². The van der Waals surface area contributed by atoms with Crippen LogP contribution in [0.25, 0.3) is 0 Å². The van der Waals surface area contributed by atoms with Crippen molar-refractivity contribution in [3.05, 3.63) is 34.9 Å². The molecule has 0 aromatic rings. The normalized spacial score (nSPS) is 14.4. The standard InChI is InChI=1S/C18H33O4P/c1-7-16(2)10-8-11-17(3)12-9-13-18(4)14-15-22-23(19,20-5)21-6/h10,12,14H,7-9,11,13,15H2,1-6H3. The minimum absolute atomic E-state index is 0.231. The fourth-order valence-electron chi connectivity index (χ4n) is 1.89. The lowest BCUT2D eigenvalue weighted by atomic mass is 10.1. The van der Waals surface area contributed by atoms with Gasteiger partial charge >= 0.3 is 7.82 Å². The van der Waals surface area contributed by atoms with Gasteiger partial charge in [0.05, 0.1) is 6.61 Å². The smallest absolute Gasteiger partial charge is 0.290 e. The Hall–Kier alpha value is -0.670. The third-order valence-electron chi connectivity index (χ3n) is 3.73. The van der Waals surface area contributed by atoms with E-state index >= 15 is 0 Å². The summed E-state index contributed by atoms with van der Waals surface area (Å²) in [5.74, 6) is 0. The van der Waals surface area contributed by atoms with E-state index in [9.17, 15) is 4.57 Å². The maximum Gasteiger partial charge on any atom is 0.474 e. The monoisotopic (exact) mass is 344 g/mol. The van der Waals surface area contributed by atoms with Gasteiger partial charge in [-0.05, 0) is 52.9 Å². The quantitative estimate of drug-likeness (QED) is 0.312. The Balaban J connectivity index is 4.08. The summed E-state index contributed by atoms with van der Waals surface area (Å²) in [5.41, 5.74) is 4.09. The number of phosphoric ester groups is 1. The molecule has 5 heteroatoms. The molecule has 0 N–H and O–H groups in total. The molecule has 4 nitrogen and oxygen atoms in total. The van der Waals surface area contributed by atoms with Crippen LogP contribution in [0.4, 0.5) is 0 Å². The molecular weight excluding hydrogens is 311 g/mol. The van der Waals surface area contributed by atoms with Gasteiger partial charge in [0, 0.05) is 14.2 Å². The lowest BCUT2D eigenvalue weighted by Crippen LogP contribution is -1.95. The number of rotatable bonds is 12. The van der Waals surface area contributed by atoms with E-state index in [4.69, 9.17) is 13.6 Å². The van der Waals surface area contributed by atoms with Crippen LogP contribution in [0.15, 0.2) is 34.9 Å². The molecule has 0 unspecified atom stereocenters. The molecule has 0 aromatic heterocycles. The Morgan fingerprint density at radius 1 is 0.870 bits per heavy atom. The molecule has 0 amide bonds. The highest BCUT2D eigenvalue weighted by Gasteiger charge is 2.21. The van der Waals surface area contributed by atoms with Crippen LogP contribution in [0, 0.1) is 0 Å². The van der Waals surface area contributed by atoms with Crippen LogP contribution in [-0.4, -0.2) is 20.8 Å². The first-order valence-electron chi connectivity index (χ1n) is 8.19. The van der Waals surface area contributed by atoms with Crippen LogP contribution >= 0.6 is 7.82 Å². The van der Waals surface area contributed by atoms with E-state index in [-0.39, 0.29) is 6.61 Å². The average Bonchev–Trinajstić information content (AvgIpc) is 2.54. The number of allylic oxidation sites excluding steroid dienone is 5. The highest BCUT2D eigenvalue weighted by atomic mass is 31.2. The molecule has 0 saturated carbocycles. The molecule has 0 aromatic carbocycles. The fourth-order valence-corrected chi connectivity index (χ4v) is 2.51. The van der Waals surface area contributed by atoms with E-state index in [1.807, 2.05) is 13.0 Å². The van der Waals surface area contributed by atoms with Gasteiger partial charge in [0.2, 0.25) is 0 Å². The van der Waals surface area contributed by atoms with Crippen LogP contribution in [0.5, 0.6) is 0 Å². The summed E-state index contributed by atoms with van der Waals surface area (Å²) >= 11 is 0. The Kier molecular flexibility index (Phi) is 12.3. The van der Waals surface area contributed by atoms with Gasteiger partial charge in [-0.1, -0.05) is 41.9 Å². The van der Waals surface area contributed by atoms with Gasteiger partial charge in [0.25, 0.3) is 0 Å². The van der Waals surface area contributed by atoms with Crippen molar-refractivity contribution >= 4 is 7.82 Å². The van der Waals surface area contributed by atoms with Crippen molar-refractivity contribution in [2.45, 2.75) is 59.8 Å². The van der Waals surface area contributed by atoms with E-state index in [1.165, 1.54) is 30.9 Å². The van der Waals surface area contributed by atoms with Gasteiger partial charge in [-0.2, -0.15) is 0 Å². The maximum atomic E-state index is 11.7. The summed E-state index contributed by atoms with van der Waals surface area (Å²) < 4.78 is 26.2. The SMILES string of the molecule is CCC(C)=CCCC(C)=CCCC(C)=CCOP(=O)(OC)OC. The lowest BCUT2D eigenvalue weighted by Gasteiger charge is -2.11. The van der Waals surface area contributed by atoms with E-state index in [0.717, 1.165) is 32.1 Å². The van der Waals surface area contributed by atoms with Crippen molar-refractivity contribution in [3.63, 3.8) is 0 Å². The number of hydrogen-bond donors (Lipinski definition) is 0. The van der Waals surface area contributed by atoms with Crippen LogP contribution in [-0.2, 0) is 18.1 Å². The van der Waals surface area contributed by atoms with Crippen LogP contribution in [0.3, 0.4) is 0 Å². The Morgan fingerprint density at radius 2 is 1.35 bits per heavy atom. The molecule has 0 rings (SSSR count). The van der Waals surface area contributed by atoms with Crippen molar-refractivity contribution < 1.29 is 18.1 Å². The lowest BCUT2D eigenvalue weighted by molar-refractivity contribution is 0.164. The molecule has 0 aliphatic rings. The molecule has 0 radical (unpaired) electrons. The molecule has 0 aliphatic carbocycles. The molecular formula is C18H33O4P. The topological polar surface area (TPSA) is 44.8 Å². The van der Waals surface area contributed by atoms with E-state index in [1.54, 1.807) is 0 Å². The molecule has 0 atom stereocenters. The molecule has 0 spiro atoms. The molecule has 134 valence electrons. The second-order valence-corrected chi connectivity index (χ2v) is 7.57. The zero-order valence-corrected chi connectivity index (χ0v) is 16.4. The first-order valence-corrected chi connectivity index (χ1v) is 9.65. The minimum Gasteiger partial charge on any atom is -0.290 e. The van der Waals surface area contributed by atoms with Crippen LogP contribution < -0.4 is 0 Å². The van der Waals surface area contributed by atoms with Crippen molar-refractivity contribution in [2.75, 3.05) is 20.8 Å². The van der Waals surface area contributed by atoms with Gasteiger partial charge in [-0.3, -0.25) is 13.6 Å². The van der Waals surface area contributed by atoms with Crippen LogP contribution in [0.2, 0.25) is 0 Å². The van der Waals surface area contributed by atoms with Gasteiger partial charge < -0.3 is 0 Å². The van der Waals surface area contributed by atoms with Crippen molar-refractivity contribution in [1.29, 1.82) is 0 Å². The summed E-state index contributed by atoms with van der Waals surface area (Å²) in [7, 11) is -0.742. The highest BCUT2D eigenvalue weighted by Crippen LogP contribution is 2.47. The Bertz CT molecular complexity index is 456. The second kappa shape index (κ2) is 12.7. The predicted octanol–water partition coefficient (Wildman–Crippen LogP) is 6.21. The molecule has 0 heterocycles. The zero-order valence-electron chi connectivity index (χ0n) is 15.6. The second-order valence-electron chi connectivity index (χ2n) is 5.69. The van der Waals surface area contributed by atoms with Gasteiger partial charge in [-0.25, -0.2) is 4.57 Å². The minimum atomic E-state index is -3.36. The maximum absolute atomic E-state index is 11.7. The van der Waals surface area contributed by atoms with Crippen molar-refractivity contribution in [2.24, 2.45) is 0 Å². The summed E-state index contributed by atoms with van der Waals surface area (Å²) in [6.07, 6.45) is 11.9. The first-order chi connectivity index (χ1) is 10.9. The van der Waals surface area contributed by atoms with Crippen LogP contribution in [0.1, 0.15) is 59.8 Å². The number of hydrogen-bond acceptors (Lipinski definition) is 4. The molecule has 0 bridgehead atoms. The Labute approximate surface area is 142 Å². The summed E-state index contributed by atoms with van der Waals surface area (Å²) in [6, 6.07) is 0. The van der Waals surface area contributed by atoms with Gasteiger partial charge in [0.1, 0.15) is 0 Å². The largest absolute Gasteiger partial charge is 0.474 e. The summed E-state index contributed by atoms with van der Waals surface area (Å²) in [4.78, 5) is 0. The highest BCUT2D eigenvalue weighted by molar-refractivity contribution is 7.48. The molecule has 23 heavy (non-hydrogen) atoms. The van der Waals surface area contributed by atoms with E-state index in [0.29, 0.717) is 0 Å². The molecule has 0 aliphatic heterocycles. The van der Waals surface area contributed by atoms with Crippen molar-refractivity contribution in [1.82, 2.24) is 0 Å². The van der Waals surface area contributed by atoms with Gasteiger partial charge in [0.15, 0.2) is 0 Å². The summed E-state index contributed by atoms with van der Waals surface area (Å²) in [6.45, 7) is 8.83. The third-order valence-corrected chi connectivity index (χ3v) is 5.09. The van der Waals surface area contributed by atoms with E-state index < -0.39 is 7.82 Å². The predicted molar refractivity (Wildman–Crippen MR) is 97.6 cm³/mol. The average molecular weight is 344 g/mol. The Morgan fingerprint density at radius 3 is 1.83 bits per heavy atom.